The minimum absolute atomic E-state index is 0.117. The van der Waals surface area contributed by atoms with Crippen LogP contribution >= 0.6 is 0 Å². The average molecular weight is 227 g/mol. The van der Waals surface area contributed by atoms with Gasteiger partial charge in [-0.25, -0.2) is 0 Å². The Kier molecular flexibility index (Phi) is 5.60. The number of carbonyl (C=O) groups is 1. The summed E-state index contributed by atoms with van der Waals surface area (Å²) >= 11 is 0. The van der Waals surface area contributed by atoms with Gasteiger partial charge in [-0.2, -0.15) is 0 Å². The first kappa shape index (κ1) is 13.1. The molecule has 2 nitrogen and oxygen atoms in total. The van der Waals surface area contributed by atoms with Crippen molar-refractivity contribution in [3.05, 3.63) is 47.5 Å². The molecule has 0 heterocycles. The van der Waals surface area contributed by atoms with E-state index >= 15 is 0 Å². The first-order valence-electron chi connectivity index (χ1n) is 5.65. The molecule has 0 aliphatic carbocycles. The van der Waals surface area contributed by atoms with E-state index in [4.69, 9.17) is 6.42 Å². The Morgan fingerprint density at radius 3 is 2.76 bits per heavy atom. The maximum atomic E-state index is 11.3. The van der Waals surface area contributed by atoms with Gasteiger partial charge in [0.1, 0.15) is 0 Å². The Hall–Kier alpha value is -2.01. The van der Waals surface area contributed by atoms with Gasteiger partial charge in [-0.15, -0.1) is 6.42 Å². The third-order valence-electron chi connectivity index (χ3n) is 2.39. The van der Waals surface area contributed by atoms with Crippen LogP contribution in [0, 0.1) is 12.3 Å². The smallest absolute Gasteiger partial charge is 0.244 e. The highest BCUT2D eigenvalue weighted by Gasteiger charge is 1.98. The number of benzene rings is 1. The molecule has 0 atom stereocenters. The van der Waals surface area contributed by atoms with E-state index < -0.39 is 0 Å². The predicted octanol–water partition coefficient (Wildman–Crippen LogP) is 2.31. The van der Waals surface area contributed by atoms with Gasteiger partial charge in [0.25, 0.3) is 0 Å². The van der Waals surface area contributed by atoms with Crippen molar-refractivity contribution in [2.45, 2.75) is 19.8 Å². The predicted molar refractivity (Wildman–Crippen MR) is 70.4 cm³/mol. The number of aryl methyl sites for hydroxylation is 1. The fourth-order valence-corrected chi connectivity index (χ4v) is 1.47. The lowest BCUT2D eigenvalue weighted by Crippen LogP contribution is -2.21. The van der Waals surface area contributed by atoms with Crippen LogP contribution in [-0.2, 0) is 11.2 Å². The van der Waals surface area contributed by atoms with E-state index in [2.05, 4.69) is 23.4 Å². The fraction of sp³-hybridized carbons (Fsp3) is 0.267. The van der Waals surface area contributed by atoms with Gasteiger partial charge < -0.3 is 5.32 Å². The highest BCUT2D eigenvalue weighted by Crippen LogP contribution is 2.08. The molecule has 17 heavy (non-hydrogen) atoms. The van der Waals surface area contributed by atoms with Gasteiger partial charge >= 0.3 is 0 Å². The van der Waals surface area contributed by atoms with Gasteiger partial charge in [-0.1, -0.05) is 41.8 Å². The number of terminal acetylenes is 1. The zero-order valence-electron chi connectivity index (χ0n) is 10.1. The summed E-state index contributed by atoms with van der Waals surface area (Å²) in [6.45, 7) is 2.24. The molecule has 0 unspecified atom stereocenters. The zero-order valence-corrected chi connectivity index (χ0v) is 10.1. The van der Waals surface area contributed by atoms with E-state index in [1.54, 1.807) is 6.08 Å². The second kappa shape index (κ2) is 7.29. The van der Waals surface area contributed by atoms with Gasteiger partial charge in [0, 0.05) is 6.08 Å². The standard InChI is InChI=1S/C15H17NO/c1-3-11-16-15(17)12-13(2)9-10-14-7-5-4-6-8-14/h1,4-8,12H,9-11H2,2H3,(H,16,17)/b13-12-. The Balaban J connectivity index is 2.39. The van der Waals surface area contributed by atoms with E-state index in [1.165, 1.54) is 5.56 Å². The van der Waals surface area contributed by atoms with Crippen LogP contribution in [-0.4, -0.2) is 12.5 Å². The number of hydrogen-bond donors (Lipinski definition) is 1. The molecule has 0 saturated heterocycles. The van der Waals surface area contributed by atoms with Crippen LogP contribution < -0.4 is 5.32 Å². The molecular formula is C15H17NO. The monoisotopic (exact) mass is 227 g/mol. The molecule has 88 valence electrons. The number of nitrogens with one attached hydrogen (secondary N) is 1. The number of rotatable bonds is 5. The lowest BCUT2D eigenvalue weighted by Gasteiger charge is -2.02. The number of allylic oxidation sites excluding steroid dienone is 1. The van der Waals surface area contributed by atoms with Crippen LogP contribution in [0.25, 0.3) is 0 Å². The molecule has 1 amide bonds. The Morgan fingerprint density at radius 1 is 1.41 bits per heavy atom. The van der Waals surface area contributed by atoms with Crippen molar-refractivity contribution in [1.29, 1.82) is 0 Å². The quantitative estimate of drug-likeness (QED) is 0.607. The molecule has 0 spiro atoms. The third kappa shape index (κ3) is 5.58. The lowest BCUT2D eigenvalue weighted by atomic mass is 10.1. The zero-order chi connectivity index (χ0) is 12.5. The molecule has 0 fully saturated rings. The Bertz CT molecular complexity index is 426. The summed E-state index contributed by atoms with van der Waals surface area (Å²) in [5.41, 5.74) is 2.34. The molecule has 0 radical (unpaired) electrons. The molecule has 0 bridgehead atoms. The average Bonchev–Trinajstić information content (AvgIpc) is 2.35. The third-order valence-corrected chi connectivity index (χ3v) is 2.39. The molecule has 1 rings (SSSR count). The summed E-state index contributed by atoms with van der Waals surface area (Å²) in [5.74, 6) is 2.25. The summed E-state index contributed by atoms with van der Waals surface area (Å²) in [7, 11) is 0. The minimum atomic E-state index is -0.117. The second-order valence-electron chi connectivity index (χ2n) is 3.90. The highest BCUT2D eigenvalue weighted by molar-refractivity contribution is 5.88. The van der Waals surface area contributed by atoms with E-state index in [0.29, 0.717) is 0 Å². The van der Waals surface area contributed by atoms with Crippen LogP contribution in [0.1, 0.15) is 18.9 Å². The van der Waals surface area contributed by atoms with Crippen molar-refractivity contribution < 1.29 is 4.79 Å². The van der Waals surface area contributed by atoms with Crippen molar-refractivity contribution in [1.82, 2.24) is 5.32 Å². The Labute approximate surface area is 103 Å². The molecular weight excluding hydrogens is 210 g/mol. The van der Waals surface area contributed by atoms with Gasteiger partial charge in [0.2, 0.25) is 5.91 Å². The van der Waals surface area contributed by atoms with E-state index in [9.17, 15) is 4.79 Å². The van der Waals surface area contributed by atoms with Crippen molar-refractivity contribution in [3.63, 3.8) is 0 Å². The normalized spacial score (nSPS) is 10.7. The number of amides is 1. The molecule has 0 saturated carbocycles. The number of hydrogen-bond acceptors (Lipinski definition) is 1. The number of carbonyl (C=O) groups excluding carboxylic acids is 1. The van der Waals surface area contributed by atoms with Crippen LogP contribution in [0.4, 0.5) is 0 Å². The van der Waals surface area contributed by atoms with Crippen molar-refractivity contribution in [3.8, 4) is 12.3 Å². The molecule has 0 aliphatic heterocycles. The molecule has 2 heteroatoms. The van der Waals surface area contributed by atoms with Crippen LogP contribution in [0.5, 0.6) is 0 Å². The topological polar surface area (TPSA) is 29.1 Å². The minimum Gasteiger partial charge on any atom is -0.342 e. The maximum absolute atomic E-state index is 11.3. The first-order valence-corrected chi connectivity index (χ1v) is 5.65. The van der Waals surface area contributed by atoms with Gasteiger partial charge in [-0.3, -0.25) is 4.79 Å². The molecule has 0 aliphatic rings. The largest absolute Gasteiger partial charge is 0.342 e. The maximum Gasteiger partial charge on any atom is 0.244 e. The fourth-order valence-electron chi connectivity index (χ4n) is 1.47. The van der Waals surface area contributed by atoms with Gasteiger partial charge in [0.15, 0.2) is 0 Å². The molecule has 1 N–H and O–H groups in total. The van der Waals surface area contributed by atoms with Crippen LogP contribution in [0.15, 0.2) is 42.0 Å². The molecule has 1 aromatic carbocycles. The summed E-state index contributed by atoms with van der Waals surface area (Å²) < 4.78 is 0. The van der Waals surface area contributed by atoms with E-state index in [1.807, 2.05) is 25.1 Å². The summed E-state index contributed by atoms with van der Waals surface area (Å²) in [4.78, 5) is 11.3. The lowest BCUT2D eigenvalue weighted by molar-refractivity contribution is -0.116. The first-order chi connectivity index (χ1) is 8.22. The Morgan fingerprint density at radius 2 is 2.12 bits per heavy atom. The molecule has 1 aromatic rings. The van der Waals surface area contributed by atoms with Crippen LogP contribution in [0.2, 0.25) is 0 Å². The van der Waals surface area contributed by atoms with Crippen molar-refractivity contribution in [2.24, 2.45) is 0 Å². The van der Waals surface area contributed by atoms with Gasteiger partial charge in [-0.05, 0) is 25.3 Å². The van der Waals surface area contributed by atoms with Gasteiger partial charge in [0.05, 0.1) is 6.54 Å². The second-order valence-corrected chi connectivity index (χ2v) is 3.90. The van der Waals surface area contributed by atoms with E-state index in [-0.39, 0.29) is 12.5 Å². The SMILES string of the molecule is C#CCNC(=O)/C=C(/C)CCc1ccccc1. The summed E-state index contributed by atoms with van der Waals surface area (Å²) in [5, 5.41) is 2.61. The van der Waals surface area contributed by atoms with Crippen LogP contribution in [0.3, 0.4) is 0 Å². The summed E-state index contributed by atoms with van der Waals surface area (Å²) in [6.07, 6.45) is 8.50. The highest BCUT2D eigenvalue weighted by atomic mass is 16.1. The molecule has 0 aromatic heterocycles. The van der Waals surface area contributed by atoms with Crippen molar-refractivity contribution in [2.75, 3.05) is 6.54 Å². The van der Waals surface area contributed by atoms with E-state index in [0.717, 1.165) is 18.4 Å². The van der Waals surface area contributed by atoms with Crippen molar-refractivity contribution >= 4 is 5.91 Å². The summed E-state index contributed by atoms with van der Waals surface area (Å²) in [6, 6.07) is 10.2.